The van der Waals surface area contributed by atoms with E-state index in [2.05, 4.69) is 16.0 Å². The first-order chi connectivity index (χ1) is 3.93. The van der Waals surface area contributed by atoms with Crippen LogP contribution in [0.15, 0.2) is 24.4 Å². The molecule has 8 heavy (non-hydrogen) atoms. The minimum atomic E-state index is -0.255. The van der Waals surface area contributed by atoms with E-state index in [0.29, 0.717) is 0 Å². The standard InChI is InChI=1S/C5H4N.CH3.Sn/c1-2-4-6-5-3-1;;/h1-4H;1H3;. The summed E-state index contributed by atoms with van der Waals surface area (Å²) in [6, 6.07) is 6.11. The summed E-state index contributed by atoms with van der Waals surface area (Å²) < 4.78 is 1.33. The average Bonchev–Trinajstić information content (AvgIpc) is 1.90. The molecule has 40 valence electrons. The molecule has 0 aliphatic carbocycles. The summed E-state index contributed by atoms with van der Waals surface area (Å²) in [6.07, 6.45) is 1.86. The Hall–Kier alpha value is -0.0513. The molecule has 1 nitrogen and oxygen atoms in total. The van der Waals surface area contributed by atoms with Gasteiger partial charge in [0.15, 0.2) is 0 Å². The normalized spacial score (nSPS) is 9.12. The Morgan fingerprint density at radius 2 is 2.38 bits per heavy atom. The molecular formula is C6H7NSn. The van der Waals surface area contributed by atoms with E-state index in [1.54, 1.807) is 0 Å². The van der Waals surface area contributed by atoms with Gasteiger partial charge in [-0.2, -0.15) is 0 Å². The molecule has 0 saturated carbocycles. The monoisotopic (exact) mass is 213 g/mol. The molecule has 2 heteroatoms. The number of hydrogen-bond acceptors (Lipinski definition) is 1. The van der Waals surface area contributed by atoms with E-state index in [0.717, 1.165) is 0 Å². The molecule has 1 aromatic heterocycles. The van der Waals surface area contributed by atoms with Crippen molar-refractivity contribution in [3.63, 3.8) is 0 Å². The van der Waals surface area contributed by atoms with E-state index in [1.807, 2.05) is 18.3 Å². The van der Waals surface area contributed by atoms with Crippen molar-refractivity contribution in [2.24, 2.45) is 0 Å². The van der Waals surface area contributed by atoms with E-state index in [1.165, 1.54) is 3.71 Å². The van der Waals surface area contributed by atoms with Gasteiger partial charge in [-0.05, 0) is 0 Å². The van der Waals surface area contributed by atoms with Gasteiger partial charge in [0, 0.05) is 0 Å². The Morgan fingerprint density at radius 1 is 1.50 bits per heavy atom. The van der Waals surface area contributed by atoms with Crippen molar-refractivity contribution in [3.05, 3.63) is 24.4 Å². The number of aromatic nitrogens is 1. The summed E-state index contributed by atoms with van der Waals surface area (Å²) in [5, 5.41) is 0. The fourth-order valence-electron chi connectivity index (χ4n) is 0.511. The van der Waals surface area contributed by atoms with Gasteiger partial charge in [-0.1, -0.05) is 0 Å². The summed E-state index contributed by atoms with van der Waals surface area (Å²) >= 11 is -0.255. The van der Waals surface area contributed by atoms with Crippen LogP contribution in [0.3, 0.4) is 0 Å². The van der Waals surface area contributed by atoms with Crippen molar-refractivity contribution in [3.8, 4) is 0 Å². The fraction of sp³-hybridized carbons (Fsp3) is 0.167. The van der Waals surface area contributed by atoms with E-state index in [4.69, 9.17) is 0 Å². The summed E-state index contributed by atoms with van der Waals surface area (Å²) in [5.41, 5.74) is 0. The molecule has 0 atom stereocenters. The Kier molecular flexibility index (Phi) is 2.33. The van der Waals surface area contributed by atoms with Gasteiger partial charge in [-0.3, -0.25) is 0 Å². The first kappa shape index (κ1) is 6.07. The molecule has 0 N–H and O–H groups in total. The van der Waals surface area contributed by atoms with Crippen LogP contribution in [0, 0.1) is 0 Å². The topological polar surface area (TPSA) is 12.9 Å². The van der Waals surface area contributed by atoms with Crippen LogP contribution < -0.4 is 3.71 Å². The fourth-order valence-corrected chi connectivity index (χ4v) is 1.84. The molecule has 0 aliphatic rings. The van der Waals surface area contributed by atoms with Gasteiger partial charge >= 0.3 is 59.2 Å². The van der Waals surface area contributed by atoms with E-state index in [-0.39, 0.29) is 21.1 Å². The predicted octanol–water partition coefficient (Wildman–Crippen LogP) is 0.459. The maximum atomic E-state index is 4.17. The van der Waals surface area contributed by atoms with Gasteiger partial charge in [0.1, 0.15) is 0 Å². The van der Waals surface area contributed by atoms with Gasteiger partial charge in [-0.25, -0.2) is 0 Å². The third-order valence-electron chi connectivity index (χ3n) is 0.921. The molecule has 0 fully saturated rings. The maximum absolute atomic E-state index is 4.17. The van der Waals surface area contributed by atoms with Crippen LogP contribution in [0.4, 0.5) is 0 Å². The molecule has 1 rings (SSSR count). The first-order valence-corrected chi connectivity index (χ1v) is 6.80. The molecule has 2 radical (unpaired) electrons. The SMILES string of the molecule is [CH3][Sn][c]1ccccn1. The molecule has 0 aliphatic heterocycles. The van der Waals surface area contributed by atoms with Crippen LogP contribution in [0.2, 0.25) is 4.94 Å². The van der Waals surface area contributed by atoms with Gasteiger partial charge in [0.05, 0.1) is 0 Å². The molecule has 0 aromatic carbocycles. The molecular weight excluding hydrogens is 205 g/mol. The van der Waals surface area contributed by atoms with Crippen LogP contribution in [0.25, 0.3) is 0 Å². The molecule has 1 aromatic rings. The molecule has 0 spiro atoms. The predicted molar refractivity (Wildman–Crippen MR) is 35.5 cm³/mol. The summed E-state index contributed by atoms with van der Waals surface area (Å²) in [7, 11) is 0. The second-order valence-corrected chi connectivity index (χ2v) is 4.35. The van der Waals surface area contributed by atoms with Crippen molar-refractivity contribution >= 4 is 24.9 Å². The molecule has 0 unspecified atom stereocenters. The zero-order chi connectivity index (χ0) is 5.82. The van der Waals surface area contributed by atoms with E-state index >= 15 is 0 Å². The van der Waals surface area contributed by atoms with Crippen LogP contribution in [0.1, 0.15) is 0 Å². The van der Waals surface area contributed by atoms with Crippen molar-refractivity contribution in [2.75, 3.05) is 0 Å². The molecule has 0 amide bonds. The quantitative estimate of drug-likeness (QED) is 0.616. The number of nitrogens with zero attached hydrogens (tertiary/aromatic N) is 1. The Balaban J connectivity index is 2.83. The van der Waals surface area contributed by atoms with Crippen LogP contribution >= 0.6 is 0 Å². The van der Waals surface area contributed by atoms with Crippen molar-refractivity contribution in [2.45, 2.75) is 4.94 Å². The van der Waals surface area contributed by atoms with Crippen molar-refractivity contribution in [1.29, 1.82) is 0 Å². The molecule has 0 bridgehead atoms. The second kappa shape index (κ2) is 3.07. The first-order valence-electron chi connectivity index (χ1n) is 2.52. The van der Waals surface area contributed by atoms with Crippen LogP contribution in [-0.4, -0.2) is 26.1 Å². The summed E-state index contributed by atoms with van der Waals surface area (Å²) in [4.78, 5) is 6.44. The third-order valence-corrected chi connectivity index (χ3v) is 3.23. The van der Waals surface area contributed by atoms with Gasteiger partial charge in [-0.15, -0.1) is 0 Å². The minimum absolute atomic E-state index is 0.255. The van der Waals surface area contributed by atoms with Crippen molar-refractivity contribution in [1.82, 2.24) is 4.98 Å². The van der Waals surface area contributed by atoms with Crippen molar-refractivity contribution < 1.29 is 0 Å². The number of hydrogen-bond donors (Lipinski definition) is 0. The van der Waals surface area contributed by atoms with Crippen LogP contribution in [0.5, 0.6) is 0 Å². The second-order valence-electron chi connectivity index (χ2n) is 1.46. The average molecular weight is 212 g/mol. The van der Waals surface area contributed by atoms with E-state index in [9.17, 15) is 0 Å². The third kappa shape index (κ3) is 1.47. The Labute approximate surface area is 59.4 Å². The molecule has 0 saturated heterocycles. The van der Waals surface area contributed by atoms with E-state index < -0.39 is 0 Å². The summed E-state index contributed by atoms with van der Waals surface area (Å²) in [5.74, 6) is 0. The van der Waals surface area contributed by atoms with Gasteiger partial charge < -0.3 is 0 Å². The molecule has 1 heterocycles. The van der Waals surface area contributed by atoms with Gasteiger partial charge in [0.2, 0.25) is 0 Å². The van der Waals surface area contributed by atoms with Gasteiger partial charge in [0.25, 0.3) is 0 Å². The zero-order valence-electron chi connectivity index (χ0n) is 4.76. The number of rotatable bonds is 1. The summed E-state index contributed by atoms with van der Waals surface area (Å²) in [6.45, 7) is 0. The Morgan fingerprint density at radius 3 is 2.75 bits per heavy atom. The number of pyridine rings is 1. The Bertz CT molecular complexity index is 150. The zero-order valence-corrected chi connectivity index (χ0v) is 7.61. The van der Waals surface area contributed by atoms with Crippen LogP contribution in [-0.2, 0) is 0 Å².